The van der Waals surface area contributed by atoms with Crippen molar-refractivity contribution in [2.75, 3.05) is 38.6 Å². The van der Waals surface area contributed by atoms with Gasteiger partial charge in [-0.15, -0.1) is 0 Å². The SMILES string of the molecule is O=S(=O)(CC1CC1)NCCOc1ccc2c(c1)[C@H](Cc1ccccc1)[C@H](N1CCC1)CO2. The Labute approximate surface area is 191 Å². The standard InChI is InChI=1S/C25H32N2O4S/c28-32(29,18-20-7-8-20)26-11-14-30-21-9-10-25-23(16-21)22(15-19-5-2-1-3-6-19)24(17-31-25)27-12-4-13-27/h1-3,5-6,9-10,16,20,22,24,26H,4,7-8,11-15,17-18H2/t22-,24+/m0/s1. The lowest BCUT2D eigenvalue weighted by molar-refractivity contribution is 0.0500. The molecule has 1 saturated heterocycles. The van der Waals surface area contributed by atoms with Crippen molar-refractivity contribution in [2.45, 2.75) is 37.6 Å². The Morgan fingerprint density at radius 1 is 1.09 bits per heavy atom. The average Bonchev–Trinajstić information content (AvgIpc) is 3.55. The molecule has 0 bridgehead atoms. The Morgan fingerprint density at radius 2 is 1.91 bits per heavy atom. The van der Waals surface area contributed by atoms with Crippen molar-refractivity contribution in [1.82, 2.24) is 9.62 Å². The van der Waals surface area contributed by atoms with Crippen molar-refractivity contribution >= 4 is 10.0 Å². The number of benzene rings is 2. The number of likely N-dealkylation sites (tertiary alicyclic amines) is 1. The predicted octanol–water partition coefficient (Wildman–Crippen LogP) is 3.19. The molecule has 2 atom stereocenters. The summed E-state index contributed by atoms with van der Waals surface area (Å²) in [6.45, 7) is 3.57. The van der Waals surface area contributed by atoms with Crippen molar-refractivity contribution in [3.05, 3.63) is 59.7 Å². The lowest BCUT2D eigenvalue weighted by Gasteiger charge is -2.45. The fourth-order valence-electron chi connectivity index (χ4n) is 4.70. The first-order chi connectivity index (χ1) is 15.6. The number of fused-ring (bicyclic) bond motifs is 1. The van der Waals surface area contributed by atoms with Crippen LogP contribution in [0.4, 0.5) is 0 Å². The van der Waals surface area contributed by atoms with Crippen molar-refractivity contribution in [2.24, 2.45) is 5.92 Å². The summed E-state index contributed by atoms with van der Waals surface area (Å²) in [5.74, 6) is 2.61. The summed E-state index contributed by atoms with van der Waals surface area (Å²) in [6, 6.07) is 17.0. The Bertz CT molecular complexity index is 1020. The van der Waals surface area contributed by atoms with Crippen LogP contribution < -0.4 is 14.2 Å². The second-order valence-corrected chi connectivity index (χ2v) is 11.1. The van der Waals surface area contributed by atoms with E-state index in [0.29, 0.717) is 31.1 Å². The quantitative estimate of drug-likeness (QED) is 0.556. The highest BCUT2D eigenvalue weighted by Gasteiger charge is 2.37. The van der Waals surface area contributed by atoms with E-state index in [4.69, 9.17) is 9.47 Å². The fraction of sp³-hybridized carbons (Fsp3) is 0.520. The van der Waals surface area contributed by atoms with Crippen LogP contribution in [0.2, 0.25) is 0 Å². The zero-order valence-electron chi connectivity index (χ0n) is 18.4. The number of nitrogens with zero attached hydrogens (tertiary/aromatic N) is 1. The van der Waals surface area contributed by atoms with Gasteiger partial charge < -0.3 is 9.47 Å². The van der Waals surface area contributed by atoms with Crippen LogP contribution in [0.25, 0.3) is 0 Å². The third-order valence-electron chi connectivity index (χ3n) is 6.76. The van der Waals surface area contributed by atoms with Crippen molar-refractivity contribution in [3.63, 3.8) is 0 Å². The van der Waals surface area contributed by atoms with Crippen molar-refractivity contribution in [1.29, 1.82) is 0 Å². The molecule has 5 rings (SSSR count). The Balaban J connectivity index is 1.27. The smallest absolute Gasteiger partial charge is 0.211 e. The second kappa shape index (κ2) is 9.41. The van der Waals surface area contributed by atoms with E-state index in [1.165, 1.54) is 17.5 Å². The summed E-state index contributed by atoms with van der Waals surface area (Å²) in [7, 11) is -3.20. The van der Waals surface area contributed by atoms with E-state index in [9.17, 15) is 8.42 Å². The minimum absolute atomic E-state index is 0.238. The summed E-state index contributed by atoms with van der Waals surface area (Å²) in [6.07, 6.45) is 4.26. The van der Waals surface area contributed by atoms with Gasteiger partial charge in [-0.1, -0.05) is 30.3 Å². The number of sulfonamides is 1. The molecule has 0 unspecified atom stereocenters. The highest BCUT2D eigenvalue weighted by atomic mass is 32.2. The zero-order chi connectivity index (χ0) is 22.0. The molecular formula is C25H32N2O4S. The molecule has 1 N–H and O–H groups in total. The first-order valence-electron chi connectivity index (χ1n) is 11.7. The number of rotatable bonds is 10. The minimum atomic E-state index is -3.20. The molecule has 2 aromatic carbocycles. The molecule has 2 aromatic rings. The lowest BCUT2D eigenvalue weighted by atomic mass is 9.82. The molecule has 7 heteroatoms. The van der Waals surface area contributed by atoms with Gasteiger partial charge in [0.25, 0.3) is 0 Å². The van der Waals surface area contributed by atoms with E-state index in [2.05, 4.69) is 46.0 Å². The van der Waals surface area contributed by atoms with Crippen LogP contribution in [0, 0.1) is 5.92 Å². The first-order valence-corrected chi connectivity index (χ1v) is 13.4. The van der Waals surface area contributed by atoms with E-state index in [1.807, 2.05) is 12.1 Å². The van der Waals surface area contributed by atoms with Crippen molar-refractivity contribution < 1.29 is 17.9 Å². The van der Waals surface area contributed by atoms with Gasteiger partial charge >= 0.3 is 0 Å². The van der Waals surface area contributed by atoms with E-state index in [0.717, 1.165) is 43.9 Å². The summed E-state index contributed by atoms with van der Waals surface area (Å²) >= 11 is 0. The number of nitrogens with one attached hydrogen (secondary N) is 1. The second-order valence-electron chi connectivity index (χ2n) is 9.23. The van der Waals surface area contributed by atoms with Gasteiger partial charge in [0.05, 0.1) is 11.8 Å². The van der Waals surface area contributed by atoms with Crippen LogP contribution in [-0.2, 0) is 16.4 Å². The Hall–Kier alpha value is -2.09. The van der Waals surface area contributed by atoms with Gasteiger partial charge in [-0.05, 0) is 68.5 Å². The van der Waals surface area contributed by atoms with Gasteiger partial charge in [0, 0.05) is 18.0 Å². The molecular weight excluding hydrogens is 424 g/mol. The monoisotopic (exact) mass is 456 g/mol. The molecule has 172 valence electrons. The molecule has 2 fully saturated rings. The van der Waals surface area contributed by atoms with Gasteiger partial charge in [-0.2, -0.15) is 0 Å². The van der Waals surface area contributed by atoms with Crippen LogP contribution in [0.3, 0.4) is 0 Å². The molecule has 6 nitrogen and oxygen atoms in total. The van der Waals surface area contributed by atoms with Crippen LogP contribution in [0.1, 0.15) is 36.3 Å². The molecule has 0 radical (unpaired) electrons. The molecule has 1 saturated carbocycles. The third-order valence-corrected chi connectivity index (χ3v) is 8.31. The topological polar surface area (TPSA) is 67.9 Å². The maximum atomic E-state index is 12.0. The van der Waals surface area contributed by atoms with Crippen molar-refractivity contribution in [3.8, 4) is 11.5 Å². The highest BCUT2D eigenvalue weighted by Crippen LogP contribution is 2.41. The summed E-state index contributed by atoms with van der Waals surface area (Å²) in [5.41, 5.74) is 2.51. The molecule has 2 aliphatic heterocycles. The van der Waals surface area contributed by atoms with E-state index in [1.54, 1.807) is 0 Å². The number of ether oxygens (including phenoxy) is 2. The first kappa shape index (κ1) is 21.7. The van der Waals surface area contributed by atoms with E-state index < -0.39 is 10.0 Å². The third kappa shape index (κ3) is 5.27. The van der Waals surface area contributed by atoms with Gasteiger partial charge in [0.15, 0.2) is 0 Å². The highest BCUT2D eigenvalue weighted by molar-refractivity contribution is 7.89. The number of hydrogen-bond donors (Lipinski definition) is 1. The summed E-state index contributed by atoms with van der Waals surface area (Å²) in [4.78, 5) is 2.53. The molecule has 32 heavy (non-hydrogen) atoms. The fourth-order valence-corrected chi connectivity index (χ4v) is 6.17. The van der Waals surface area contributed by atoms with E-state index in [-0.39, 0.29) is 12.3 Å². The molecule has 0 aromatic heterocycles. The number of hydrogen-bond acceptors (Lipinski definition) is 5. The largest absolute Gasteiger partial charge is 0.492 e. The van der Waals surface area contributed by atoms with Crippen LogP contribution in [-0.4, -0.2) is 58.0 Å². The predicted molar refractivity (Wildman–Crippen MR) is 125 cm³/mol. The minimum Gasteiger partial charge on any atom is -0.492 e. The van der Waals surface area contributed by atoms with Crippen LogP contribution in [0.5, 0.6) is 11.5 Å². The maximum Gasteiger partial charge on any atom is 0.211 e. The molecule has 0 amide bonds. The summed E-state index contributed by atoms with van der Waals surface area (Å²) < 4.78 is 38.8. The van der Waals surface area contributed by atoms with Crippen LogP contribution >= 0.6 is 0 Å². The normalized spacial score (nSPS) is 23.1. The molecule has 2 heterocycles. The van der Waals surface area contributed by atoms with E-state index >= 15 is 0 Å². The molecule has 0 spiro atoms. The average molecular weight is 457 g/mol. The molecule has 3 aliphatic rings. The van der Waals surface area contributed by atoms with Gasteiger partial charge in [0.2, 0.25) is 10.0 Å². The van der Waals surface area contributed by atoms with Gasteiger partial charge in [-0.3, -0.25) is 4.90 Å². The Morgan fingerprint density at radius 3 is 2.62 bits per heavy atom. The van der Waals surface area contributed by atoms with Crippen LogP contribution in [0.15, 0.2) is 48.5 Å². The maximum absolute atomic E-state index is 12.0. The van der Waals surface area contributed by atoms with Gasteiger partial charge in [-0.25, -0.2) is 13.1 Å². The molecule has 1 aliphatic carbocycles. The lowest BCUT2D eigenvalue weighted by Crippen LogP contribution is -2.52. The zero-order valence-corrected chi connectivity index (χ0v) is 19.2. The summed E-state index contributed by atoms with van der Waals surface area (Å²) in [5, 5.41) is 0. The Kier molecular flexibility index (Phi) is 6.40. The van der Waals surface area contributed by atoms with Gasteiger partial charge in [0.1, 0.15) is 24.7 Å².